The van der Waals surface area contributed by atoms with Gasteiger partial charge in [-0.1, -0.05) is 15.9 Å². The number of halogens is 2. The van der Waals surface area contributed by atoms with Crippen molar-refractivity contribution in [1.29, 1.82) is 0 Å². The van der Waals surface area contributed by atoms with Crippen molar-refractivity contribution in [3.05, 3.63) is 15.6 Å². The highest BCUT2D eigenvalue weighted by molar-refractivity contribution is 9.10. The fourth-order valence-corrected chi connectivity index (χ4v) is 4.97. The molecule has 2 unspecified atom stereocenters. The average Bonchev–Trinajstić information content (AvgIpc) is 2.46. The van der Waals surface area contributed by atoms with E-state index in [9.17, 15) is 4.79 Å². The summed E-state index contributed by atoms with van der Waals surface area (Å²) in [6.07, 6.45) is -0.260. The summed E-state index contributed by atoms with van der Waals surface area (Å²) >= 11 is 7.17. The third-order valence-corrected chi connectivity index (χ3v) is 5.61. The van der Waals surface area contributed by atoms with Gasteiger partial charge in [-0.05, 0) is 36.7 Å². The molecule has 0 N–H and O–H groups in total. The largest absolute Gasteiger partial charge is 0.495 e. The van der Waals surface area contributed by atoms with E-state index in [0.717, 1.165) is 5.56 Å². The van der Waals surface area contributed by atoms with Gasteiger partial charge in [0.25, 0.3) is 0 Å². The lowest BCUT2D eigenvalue weighted by atomic mass is 9.88. The Bertz CT molecular complexity index is 642. The Morgan fingerprint density at radius 1 is 1.17 bits per heavy atom. The summed E-state index contributed by atoms with van der Waals surface area (Å²) in [5.74, 6) is 1.28. The van der Waals surface area contributed by atoms with Gasteiger partial charge in [0.2, 0.25) is 0 Å². The first-order valence-electron chi connectivity index (χ1n) is 7.05. The number of rotatable bonds is 4. The van der Waals surface area contributed by atoms with Crippen LogP contribution >= 0.6 is 31.9 Å². The summed E-state index contributed by atoms with van der Waals surface area (Å²) in [5.41, 5.74) is 0.489. The summed E-state index contributed by atoms with van der Waals surface area (Å²) in [6.45, 7) is 5.33. The number of hydrogen-bond acceptors (Lipinski definition) is 5. The molecule has 1 heterocycles. The molecule has 0 bridgehead atoms. The number of Topliss-reactive ketones (excluding diaryl/α,β-unsaturated/α-hetero) is 1. The molecule has 2 atom stereocenters. The average molecular weight is 452 g/mol. The fourth-order valence-electron chi connectivity index (χ4n) is 2.97. The molecule has 0 fully saturated rings. The molecule has 0 amide bonds. The van der Waals surface area contributed by atoms with Gasteiger partial charge in [0, 0.05) is 7.11 Å². The van der Waals surface area contributed by atoms with Gasteiger partial charge in [0.15, 0.2) is 11.5 Å². The van der Waals surface area contributed by atoms with E-state index in [1.807, 2.05) is 13.8 Å². The SMILES string of the molecule is COc1c(Br)c(OC)c2c(c1C(C)=O)OC(C)(C)C(OC)C2Br. The first-order chi connectivity index (χ1) is 10.7. The van der Waals surface area contributed by atoms with Gasteiger partial charge in [0.1, 0.15) is 33.2 Å². The standard InChI is InChI=1S/C16H20Br2O5/c1-7(19)8-12-9(14(21-5)11(18)13(8)20-4)10(17)15(22-6)16(2,3)23-12/h10,15H,1-6H3. The molecule has 0 spiro atoms. The van der Waals surface area contributed by atoms with Gasteiger partial charge < -0.3 is 18.9 Å². The topological polar surface area (TPSA) is 54.0 Å². The smallest absolute Gasteiger partial charge is 0.167 e. The maximum absolute atomic E-state index is 12.2. The number of hydrogen-bond donors (Lipinski definition) is 0. The monoisotopic (exact) mass is 450 g/mol. The highest BCUT2D eigenvalue weighted by Gasteiger charge is 2.47. The van der Waals surface area contributed by atoms with Crippen molar-refractivity contribution in [3.8, 4) is 17.2 Å². The van der Waals surface area contributed by atoms with Crippen LogP contribution in [0.25, 0.3) is 0 Å². The second-order valence-electron chi connectivity index (χ2n) is 5.82. The highest BCUT2D eigenvalue weighted by Crippen LogP contribution is 2.56. The van der Waals surface area contributed by atoms with Crippen molar-refractivity contribution in [2.24, 2.45) is 0 Å². The summed E-state index contributed by atoms with van der Waals surface area (Å²) in [7, 11) is 4.70. The lowest BCUT2D eigenvalue weighted by Gasteiger charge is -2.43. The van der Waals surface area contributed by atoms with Crippen LogP contribution in [0, 0.1) is 0 Å². The molecule has 0 aliphatic carbocycles. The van der Waals surface area contributed by atoms with E-state index in [-0.39, 0.29) is 16.7 Å². The summed E-state index contributed by atoms with van der Waals surface area (Å²) in [6, 6.07) is 0. The third kappa shape index (κ3) is 2.87. The maximum atomic E-state index is 12.2. The molecule has 2 rings (SSSR count). The number of ketones is 1. The van der Waals surface area contributed by atoms with Crippen LogP contribution in [0.4, 0.5) is 0 Å². The van der Waals surface area contributed by atoms with E-state index in [4.69, 9.17) is 18.9 Å². The lowest BCUT2D eigenvalue weighted by molar-refractivity contribution is -0.0657. The molecule has 1 aromatic rings. The van der Waals surface area contributed by atoms with Gasteiger partial charge in [-0.2, -0.15) is 0 Å². The van der Waals surface area contributed by atoms with Crippen LogP contribution in [0.5, 0.6) is 17.2 Å². The van der Waals surface area contributed by atoms with Gasteiger partial charge in [-0.3, -0.25) is 4.79 Å². The van der Waals surface area contributed by atoms with Crippen LogP contribution in [0.15, 0.2) is 4.47 Å². The van der Waals surface area contributed by atoms with Gasteiger partial charge in [-0.25, -0.2) is 0 Å². The molecule has 1 aromatic carbocycles. The summed E-state index contributed by atoms with van der Waals surface area (Å²) in [5, 5.41) is 0. The summed E-state index contributed by atoms with van der Waals surface area (Å²) in [4.78, 5) is 12.0. The fraction of sp³-hybridized carbons (Fsp3) is 0.562. The van der Waals surface area contributed by atoms with E-state index in [0.29, 0.717) is 27.3 Å². The van der Waals surface area contributed by atoms with Gasteiger partial charge in [0.05, 0.1) is 24.6 Å². The minimum Gasteiger partial charge on any atom is -0.495 e. The van der Waals surface area contributed by atoms with Crippen molar-refractivity contribution in [2.75, 3.05) is 21.3 Å². The number of carbonyl (C=O) groups is 1. The molecule has 7 heteroatoms. The number of fused-ring (bicyclic) bond motifs is 1. The molecular formula is C16H20Br2O5. The Kier molecular flexibility index (Phi) is 5.33. The lowest BCUT2D eigenvalue weighted by Crippen LogP contribution is -2.49. The molecule has 23 heavy (non-hydrogen) atoms. The molecule has 0 saturated carbocycles. The zero-order valence-corrected chi connectivity index (χ0v) is 17.1. The van der Waals surface area contributed by atoms with Gasteiger partial charge >= 0.3 is 0 Å². The quantitative estimate of drug-likeness (QED) is 0.504. The van der Waals surface area contributed by atoms with Crippen molar-refractivity contribution < 1.29 is 23.7 Å². The zero-order valence-electron chi connectivity index (χ0n) is 14.0. The number of alkyl halides is 1. The van der Waals surface area contributed by atoms with E-state index < -0.39 is 5.60 Å². The Hall–Kier alpha value is -0.790. The number of methoxy groups -OCH3 is 3. The molecular weight excluding hydrogens is 432 g/mol. The molecule has 0 saturated heterocycles. The summed E-state index contributed by atoms with van der Waals surface area (Å²) < 4.78 is 23.3. The van der Waals surface area contributed by atoms with Crippen LogP contribution in [-0.4, -0.2) is 38.8 Å². The Morgan fingerprint density at radius 3 is 2.17 bits per heavy atom. The predicted molar refractivity (Wildman–Crippen MR) is 94.4 cm³/mol. The number of benzene rings is 1. The van der Waals surface area contributed by atoms with Crippen LogP contribution in [0.2, 0.25) is 0 Å². The van der Waals surface area contributed by atoms with E-state index in [1.54, 1.807) is 14.2 Å². The second-order valence-corrected chi connectivity index (χ2v) is 7.60. The first kappa shape index (κ1) is 18.5. The normalized spacial score (nSPS) is 22.1. The number of ether oxygens (including phenoxy) is 4. The molecule has 128 valence electrons. The molecule has 1 aliphatic heterocycles. The number of carbonyl (C=O) groups excluding carboxylic acids is 1. The minimum atomic E-state index is -0.635. The highest BCUT2D eigenvalue weighted by atomic mass is 79.9. The predicted octanol–water partition coefficient (Wildman–Crippen LogP) is 4.29. The van der Waals surface area contributed by atoms with Crippen molar-refractivity contribution in [2.45, 2.75) is 37.3 Å². The zero-order chi connectivity index (χ0) is 17.5. The van der Waals surface area contributed by atoms with Gasteiger partial charge in [-0.15, -0.1) is 0 Å². The van der Waals surface area contributed by atoms with Crippen LogP contribution < -0.4 is 14.2 Å². The Labute approximate surface area is 152 Å². The molecule has 5 nitrogen and oxygen atoms in total. The van der Waals surface area contributed by atoms with Crippen molar-refractivity contribution >= 4 is 37.6 Å². The molecule has 1 aliphatic rings. The van der Waals surface area contributed by atoms with E-state index >= 15 is 0 Å². The van der Waals surface area contributed by atoms with Crippen molar-refractivity contribution in [3.63, 3.8) is 0 Å². The minimum absolute atomic E-state index is 0.146. The molecule has 0 aromatic heterocycles. The van der Waals surface area contributed by atoms with E-state index in [2.05, 4.69) is 31.9 Å². The van der Waals surface area contributed by atoms with Crippen LogP contribution in [-0.2, 0) is 4.74 Å². The van der Waals surface area contributed by atoms with E-state index in [1.165, 1.54) is 14.0 Å². The maximum Gasteiger partial charge on any atom is 0.167 e. The second kappa shape index (κ2) is 6.61. The van der Waals surface area contributed by atoms with Crippen molar-refractivity contribution in [1.82, 2.24) is 0 Å². The molecule has 0 radical (unpaired) electrons. The first-order valence-corrected chi connectivity index (χ1v) is 8.76. The van der Waals surface area contributed by atoms with Crippen LogP contribution in [0.3, 0.4) is 0 Å². The third-order valence-electron chi connectivity index (χ3n) is 3.95. The Balaban J connectivity index is 2.89. The Morgan fingerprint density at radius 2 is 1.74 bits per heavy atom. The van der Waals surface area contributed by atoms with Crippen LogP contribution in [0.1, 0.15) is 41.5 Å².